The van der Waals surface area contributed by atoms with Crippen LogP contribution in [0, 0.1) is 11.8 Å². The van der Waals surface area contributed by atoms with Crippen LogP contribution in [0.25, 0.3) is 0 Å². The van der Waals surface area contributed by atoms with Gasteiger partial charge in [-0.2, -0.15) is 5.01 Å². The number of carbonyl (C=O) groups is 3. The Morgan fingerprint density at radius 2 is 1.79 bits per heavy atom. The number of urea groups is 1. The Bertz CT molecular complexity index is 619. The van der Waals surface area contributed by atoms with Gasteiger partial charge in [-0.05, 0) is 63.2 Å². The Hall–Kier alpha value is -1.63. The zero-order valence-electron chi connectivity index (χ0n) is 17.0. The third kappa shape index (κ3) is 4.19. The molecule has 4 aliphatic rings. The van der Waals surface area contributed by atoms with Crippen LogP contribution in [0.2, 0.25) is 0 Å². The maximum absolute atomic E-state index is 12.9. The first-order valence-electron chi connectivity index (χ1n) is 11.2. The highest BCUT2D eigenvalue weighted by molar-refractivity contribution is 6.08. The summed E-state index contributed by atoms with van der Waals surface area (Å²) in [5, 5.41) is 3.79. The van der Waals surface area contributed by atoms with Gasteiger partial charge in [0.05, 0.1) is 6.54 Å². The SMILES string of the molecule is CC1CCC2(CC1)NC(=O)N(NC(=O)CN(CC1CCCCC1)C1CC1)C2=O. The second-order valence-electron chi connectivity index (χ2n) is 9.53. The fourth-order valence-electron chi connectivity index (χ4n) is 5.14. The molecule has 1 spiro atoms. The summed E-state index contributed by atoms with van der Waals surface area (Å²) in [6.45, 7) is 3.40. The van der Waals surface area contributed by atoms with Gasteiger partial charge in [0.25, 0.3) is 11.8 Å². The normalized spacial score (nSPS) is 31.5. The lowest BCUT2D eigenvalue weighted by atomic mass is 9.77. The summed E-state index contributed by atoms with van der Waals surface area (Å²) >= 11 is 0. The standard InChI is InChI=1S/C21H34N4O3/c1-15-9-11-21(12-10-15)19(27)25(20(28)22-21)23-18(26)14-24(17-7-8-17)13-16-5-3-2-4-6-16/h15-17H,2-14H2,1H3,(H,22,28)(H,23,26). The van der Waals surface area contributed by atoms with Crippen LogP contribution in [-0.4, -0.2) is 52.4 Å². The first-order valence-corrected chi connectivity index (χ1v) is 11.2. The van der Waals surface area contributed by atoms with Crippen molar-refractivity contribution >= 4 is 17.8 Å². The van der Waals surface area contributed by atoms with Crippen molar-refractivity contribution in [2.24, 2.45) is 11.8 Å². The number of imide groups is 1. The largest absolute Gasteiger partial charge is 0.344 e. The van der Waals surface area contributed by atoms with Gasteiger partial charge in [0.1, 0.15) is 5.54 Å². The molecule has 1 saturated heterocycles. The van der Waals surface area contributed by atoms with E-state index in [1.165, 1.54) is 32.1 Å². The average molecular weight is 391 g/mol. The van der Waals surface area contributed by atoms with Crippen molar-refractivity contribution in [2.75, 3.05) is 13.1 Å². The summed E-state index contributed by atoms with van der Waals surface area (Å²) in [6, 6.07) is 0.000104. The number of hydrogen-bond donors (Lipinski definition) is 2. The molecular weight excluding hydrogens is 356 g/mol. The van der Waals surface area contributed by atoms with E-state index in [0.29, 0.717) is 30.7 Å². The fourth-order valence-corrected chi connectivity index (χ4v) is 5.14. The van der Waals surface area contributed by atoms with Gasteiger partial charge in [0, 0.05) is 12.6 Å². The molecular formula is C21H34N4O3. The average Bonchev–Trinajstić information content (AvgIpc) is 3.50. The van der Waals surface area contributed by atoms with Crippen LogP contribution < -0.4 is 10.7 Å². The molecule has 1 aliphatic heterocycles. The van der Waals surface area contributed by atoms with Gasteiger partial charge in [-0.15, -0.1) is 0 Å². The van der Waals surface area contributed by atoms with Crippen LogP contribution in [0.15, 0.2) is 0 Å². The van der Waals surface area contributed by atoms with Crippen LogP contribution in [-0.2, 0) is 9.59 Å². The zero-order chi connectivity index (χ0) is 19.7. The van der Waals surface area contributed by atoms with E-state index >= 15 is 0 Å². The number of nitrogens with zero attached hydrogens (tertiary/aromatic N) is 2. The van der Waals surface area contributed by atoms with Crippen molar-refractivity contribution in [3.8, 4) is 0 Å². The predicted molar refractivity (Wildman–Crippen MR) is 105 cm³/mol. The quantitative estimate of drug-likeness (QED) is 0.683. The maximum Gasteiger partial charge on any atom is 0.344 e. The summed E-state index contributed by atoms with van der Waals surface area (Å²) in [5.41, 5.74) is 1.79. The lowest BCUT2D eigenvalue weighted by Gasteiger charge is -2.33. The van der Waals surface area contributed by atoms with E-state index in [1.54, 1.807) is 0 Å². The first kappa shape index (κ1) is 19.7. The highest BCUT2D eigenvalue weighted by atomic mass is 16.2. The molecule has 7 heteroatoms. The summed E-state index contributed by atoms with van der Waals surface area (Å²) in [4.78, 5) is 40.2. The maximum atomic E-state index is 12.9. The zero-order valence-corrected chi connectivity index (χ0v) is 17.0. The van der Waals surface area contributed by atoms with Crippen LogP contribution in [0.1, 0.15) is 77.6 Å². The second-order valence-corrected chi connectivity index (χ2v) is 9.53. The monoisotopic (exact) mass is 390 g/mol. The molecule has 3 aliphatic carbocycles. The Morgan fingerprint density at radius 1 is 1.11 bits per heavy atom. The molecule has 2 N–H and O–H groups in total. The van der Waals surface area contributed by atoms with Gasteiger partial charge in [-0.25, -0.2) is 4.79 Å². The Morgan fingerprint density at radius 3 is 2.43 bits per heavy atom. The van der Waals surface area contributed by atoms with Crippen molar-refractivity contribution in [1.29, 1.82) is 0 Å². The van der Waals surface area contributed by atoms with Crippen molar-refractivity contribution in [3.05, 3.63) is 0 Å². The lowest BCUT2D eigenvalue weighted by molar-refractivity contribution is -0.140. The minimum absolute atomic E-state index is 0.257. The number of hydrazine groups is 1. The van der Waals surface area contributed by atoms with Crippen LogP contribution in [0.4, 0.5) is 4.79 Å². The molecule has 4 amide bonds. The van der Waals surface area contributed by atoms with E-state index in [1.807, 2.05) is 0 Å². The van der Waals surface area contributed by atoms with E-state index in [0.717, 1.165) is 37.2 Å². The predicted octanol–water partition coefficient (Wildman–Crippen LogP) is 2.56. The van der Waals surface area contributed by atoms with Gasteiger partial charge in [-0.1, -0.05) is 26.2 Å². The van der Waals surface area contributed by atoms with Gasteiger partial charge in [0.2, 0.25) is 0 Å². The van der Waals surface area contributed by atoms with Crippen LogP contribution in [0.3, 0.4) is 0 Å². The number of amides is 4. The minimum atomic E-state index is -0.810. The van der Waals surface area contributed by atoms with Crippen LogP contribution in [0.5, 0.6) is 0 Å². The van der Waals surface area contributed by atoms with Gasteiger partial charge in [-0.3, -0.25) is 19.9 Å². The van der Waals surface area contributed by atoms with E-state index < -0.39 is 11.6 Å². The fraction of sp³-hybridized carbons (Fsp3) is 0.857. The molecule has 3 saturated carbocycles. The molecule has 7 nitrogen and oxygen atoms in total. The van der Waals surface area contributed by atoms with E-state index in [2.05, 4.69) is 22.6 Å². The second kappa shape index (κ2) is 8.01. The molecule has 0 radical (unpaired) electrons. The molecule has 4 rings (SSSR count). The molecule has 156 valence electrons. The third-order valence-electron chi connectivity index (χ3n) is 7.15. The minimum Gasteiger partial charge on any atom is -0.322 e. The molecule has 0 aromatic heterocycles. The smallest absolute Gasteiger partial charge is 0.322 e. The molecule has 0 aromatic rings. The first-order chi connectivity index (χ1) is 13.5. The van der Waals surface area contributed by atoms with Gasteiger partial charge in [0.15, 0.2) is 0 Å². The summed E-state index contributed by atoms with van der Waals surface area (Å²) in [7, 11) is 0. The Balaban J connectivity index is 1.33. The molecule has 28 heavy (non-hydrogen) atoms. The number of rotatable bonds is 6. The molecule has 0 unspecified atom stereocenters. The molecule has 1 heterocycles. The molecule has 0 bridgehead atoms. The van der Waals surface area contributed by atoms with Crippen molar-refractivity contribution in [2.45, 2.75) is 89.1 Å². The van der Waals surface area contributed by atoms with Gasteiger partial charge < -0.3 is 5.32 Å². The van der Waals surface area contributed by atoms with E-state index in [9.17, 15) is 14.4 Å². The topological polar surface area (TPSA) is 81.8 Å². The van der Waals surface area contributed by atoms with Crippen LogP contribution >= 0.6 is 0 Å². The van der Waals surface area contributed by atoms with Crippen molar-refractivity contribution < 1.29 is 14.4 Å². The summed E-state index contributed by atoms with van der Waals surface area (Å²) in [5.74, 6) is 0.702. The third-order valence-corrected chi connectivity index (χ3v) is 7.15. The highest BCUT2D eigenvalue weighted by Crippen LogP contribution is 2.36. The lowest BCUT2D eigenvalue weighted by Crippen LogP contribution is -2.53. The molecule has 0 aromatic carbocycles. The molecule has 4 fully saturated rings. The van der Waals surface area contributed by atoms with E-state index in [4.69, 9.17) is 0 Å². The van der Waals surface area contributed by atoms with Crippen molar-refractivity contribution in [3.63, 3.8) is 0 Å². The molecule has 0 atom stereocenters. The number of hydrogen-bond acceptors (Lipinski definition) is 4. The Labute approximate surface area is 167 Å². The summed E-state index contributed by atoms with van der Waals surface area (Å²) in [6.07, 6.45) is 11.8. The van der Waals surface area contributed by atoms with Crippen molar-refractivity contribution in [1.82, 2.24) is 20.7 Å². The Kier molecular flexibility index (Phi) is 5.63. The number of carbonyl (C=O) groups excluding carboxylic acids is 3. The summed E-state index contributed by atoms with van der Waals surface area (Å²) < 4.78 is 0. The van der Waals surface area contributed by atoms with E-state index in [-0.39, 0.29) is 18.4 Å². The number of nitrogens with one attached hydrogen (secondary N) is 2. The van der Waals surface area contributed by atoms with Gasteiger partial charge >= 0.3 is 6.03 Å². The highest BCUT2D eigenvalue weighted by Gasteiger charge is 2.53.